The molecule has 0 spiro atoms. The van der Waals surface area contributed by atoms with Crippen LogP contribution in [0.15, 0.2) is 12.1 Å². The molecule has 1 aromatic rings. The van der Waals surface area contributed by atoms with Gasteiger partial charge in [0.2, 0.25) is 0 Å². The fraction of sp³-hybridized carbons (Fsp3) is 0.500. The Kier molecular flexibility index (Phi) is 4.73. The fourth-order valence-corrected chi connectivity index (χ4v) is 2.45. The summed E-state index contributed by atoms with van der Waals surface area (Å²) in [6.07, 6.45) is -0.170. The maximum absolute atomic E-state index is 11.4. The highest BCUT2D eigenvalue weighted by Crippen LogP contribution is 2.31. The van der Waals surface area contributed by atoms with Gasteiger partial charge in [-0.05, 0) is 38.5 Å². The molecule has 0 bridgehead atoms. The summed E-state index contributed by atoms with van der Waals surface area (Å²) in [6, 6.07) is 3.02. The van der Waals surface area contributed by atoms with Crippen LogP contribution in [-0.2, 0) is 9.47 Å². The van der Waals surface area contributed by atoms with E-state index in [0.29, 0.717) is 29.5 Å². The monoisotopic (exact) mass is 315 g/mol. The molecule has 1 aliphatic heterocycles. The largest absolute Gasteiger partial charge is 0.489 e. The molecule has 1 fully saturated rings. The van der Waals surface area contributed by atoms with Gasteiger partial charge in [0.05, 0.1) is 11.6 Å². The molecule has 2 N–H and O–H groups in total. The summed E-state index contributed by atoms with van der Waals surface area (Å²) in [5.41, 5.74) is 2.52. The number of aryl methyl sites for hydroxylation is 1. The van der Waals surface area contributed by atoms with Crippen molar-refractivity contribution in [3.05, 3.63) is 28.3 Å². The van der Waals surface area contributed by atoms with E-state index in [4.69, 9.17) is 31.0 Å². The number of benzene rings is 1. The first-order valence-electron chi connectivity index (χ1n) is 6.51. The molecule has 0 saturated carbocycles. The Morgan fingerprint density at radius 1 is 1.57 bits per heavy atom. The standard InChI is InChI=1S/C14H18ClNO5/c1-8-4-9(13(17)16-18)5-11(15)12(8)19-6-10-7-20-14(2,3)21-10/h4-5,10,18H,6-7H2,1-3H3,(H,16,17). The molecule has 1 aromatic carbocycles. The minimum absolute atomic E-state index is 0.170. The second-order valence-corrected chi connectivity index (χ2v) is 5.71. The molecule has 6 nitrogen and oxygen atoms in total. The van der Waals surface area contributed by atoms with Crippen molar-refractivity contribution in [1.29, 1.82) is 0 Å². The fourth-order valence-electron chi connectivity index (χ4n) is 2.13. The smallest absolute Gasteiger partial charge is 0.274 e. The molecule has 116 valence electrons. The third-order valence-corrected chi connectivity index (χ3v) is 3.35. The second kappa shape index (κ2) is 6.19. The van der Waals surface area contributed by atoms with E-state index in [-0.39, 0.29) is 11.7 Å². The first-order chi connectivity index (χ1) is 9.82. The van der Waals surface area contributed by atoms with Crippen LogP contribution < -0.4 is 10.2 Å². The molecule has 2 rings (SSSR count). The first-order valence-corrected chi connectivity index (χ1v) is 6.89. The lowest BCUT2D eigenvalue weighted by atomic mass is 10.1. The van der Waals surface area contributed by atoms with Gasteiger partial charge in [0, 0.05) is 5.56 Å². The zero-order valence-electron chi connectivity index (χ0n) is 12.1. The van der Waals surface area contributed by atoms with E-state index in [1.54, 1.807) is 18.5 Å². The maximum Gasteiger partial charge on any atom is 0.274 e. The average molecular weight is 316 g/mol. The molecule has 1 aliphatic rings. The molecule has 1 atom stereocenters. The van der Waals surface area contributed by atoms with Crippen molar-refractivity contribution in [2.45, 2.75) is 32.7 Å². The van der Waals surface area contributed by atoms with Gasteiger partial charge in [-0.25, -0.2) is 5.48 Å². The number of amides is 1. The highest BCUT2D eigenvalue weighted by atomic mass is 35.5. The summed E-state index contributed by atoms with van der Waals surface area (Å²) < 4.78 is 16.8. The second-order valence-electron chi connectivity index (χ2n) is 5.31. The Balaban J connectivity index is 2.05. The SMILES string of the molecule is Cc1cc(C(=O)NO)cc(Cl)c1OCC1COC(C)(C)O1. The molecule has 7 heteroatoms. The molecule has 0 aliphatic carbocycles. The minimum Gasteiger partial charge on any atom is -0.489 e. The Morgan fingerprint density at radius 3 is 2.81 bits per heavy atom. The zero-order valence-corrected chi connectivity index (χ0v) is 12.9. The lowest BCUT2D eigenvalue weighted by Gasteiger charge is -2.18. The number of halogens is 1. The Hall–Kier alpha value is -1.34. The van der Waals surface area contributed by atoms with Crippen LogP contribution >= 0.6 is 11.6 Å². The minimum atomic E-state index is -0.624. The van der Waals surface area contributed by atoms with Crippen LogP contribution in [0.3, 0.4) is 0 Å². The molecular weight excluding hydrogens is 298 g/mol. The Morgan fingerprint density at radius 2 is 2.29 bits per heavy atom. The van der Waals surface area contributed by atoms with Gasteiger partial charge in [-0.2, -0.15) is 0 Å². The summed E-state index contributed by atoms with van der Waals surface area (Å²) in [7, 11) is 0. The van der Waals surface area contributed by atoms with E-state index in [0.717, 1.165) is 0 Å². The average Bonchev–Trinajstić information content (AvgIpc) is 2.76. The molecule has 1 unspecified atom stereocenters. The van der Waals surface area contributed by atoms with E-state index in [2.05, 4.69) is 0 Å². The molecule has 0 aromatic heterocycles. The number of carbonyl (C=O) groups is 1. The zero-order chi connectivity index (χ0) is 15.6. The first kappa shape index (κ1) is 16.0. The van der Waals surface area contributed by atoms with Crippen LogP contribution in [0.2, 0.25) is 5.02 Å². The number of hydrogen-bond acceptors (Lipinski definition) is 5. The third-order valence-electron chi connectivity index (χ3n) is 3.07. The van der Waals surface area contributed by atoms with Crippen molar-refractivity contribution >= 4 is 17.5 Å². The lowest BCUT2D eigenvalue weighted by molar-refractivity contribution is -0.141. The Labute approximate surface area is 127 Å². The van der Waals surface area contributed by atoms with Gasteiger partial charge in [0.1, 0.15) is 18.5 Å². The van der Waals surface area contributed by atoms with Crippen LogP contribution in [0.25, 0.3) is 0 Å². The third kappa shape index (κ3) is 3.85. The van der Waals surface area contributed by atoms with E-state index in [1.165, 1.54) is 6.07 Å². The number of hydrogen-bond donors (Lipinski definition) is 2. The van der Waals surface area contributed by atoms with Gasteiger partial charge in [-0.1, -0.05) is 11.6 Å². The van der Waals surface area contributed by atoms with E-state index < -0.39 is 11.7 Å². The van der Waals surface area contributed by atoms with Crippen molar-refractivity contribution in [2.24, 2.45) is 0 Å². The summed E-state index contributed by atoms with van der Waals surface area (Å²) in [5, 5.41) is 8.93. The van der Waals surface area contributed by atoms with Crippen molar-refractivity contribution in [1.82, 2.24) is 5.48 Å². The lowest BCUT2D eigenvalue weighted by Crippen LogP contribution is -2.25. The van der Waals surface area contributed by atoms with Crippen LogP contribution in [0.5, 0.6) is 5.75 Å². The van der Waals surface area contributed by atoms with Gasteiger partial charge in [0.15, 0.2) is 5.79 Å². The van der Waals surface area contributed by atoms with Crippen molar-refractivity contribution in [2.75, 3.05) is 13.2 Å². The number of hydroxylamine groups is 1. The summed E-state index contributed by atoms with van der Waals surface area (Å²) in [6.45, 7) is 6.20. The van der Waals surface area contributed by atoms with Crippen LogP contribution in [0, 0.1) is 6.92 Å². The summed E-state index contributed by atoms with van der Waals surface area (Å²) in [5.74, 6) is -0.740. The Bertz CT molecular complexity index is 523. The van der Waals surface area contributed by atoms with Crippen molar-refractivity contribution in [3.8, 4) is 5.75 Å². The van der Waals surface area contributed by atoms with Gasteiger partial charge in [-0.15, -0.1) is 0 Å². The highest BCUT2D eigenvalue weighted by Gasteiger charge is 2.33. The molecule has 1 heterocycles. The predicted molar refractivity (Wildman–Crippen MR) is 75.8 cm³/mol. The topological polar surface area (TPSA) is 77.0 Å². The van der Waals surface area contributed by atoms with Gasteiger partial charge >= 0.3 is 0 Å². The van der Waals surface area contributed by atoms with Crippen molar-refractivity contribution in [3.63, 3.8) is 0 Å². The number of rotatable bonds is 4. The van der Waals surface area contributed by atoms with Gasteiger partial charge < -0.3 is 14.2 Å². The van der Waals surface area contributed by atoms with E-state index in [1.807, 2.05) is 13.8 Å². The molecule has 1 saturated heterocycles. The van der Waals surface area contributed by atoms with Crippen LogP contribution in [-0.4, -0.2) is 36.2 Å². The quantitative estimate of drug-likeness (QED) is 0.658. The number of ether oxygens (including phenoxy) is 3. The van der Waals surface area contributed by atoms with Crippen molar-refractivity contribution < 1.29 is 24.2 Å². The van der Waals surface area contributed by atoms with Crippen LogP contribution in [0.1, 0.15) is 29.8 Å². The van der Waals surface area contributed by atoms with Gasteiger partial charge in [-0.3, -0.25) is 10.0 Å². The number of carbonyl (C=O) groups excluding carboxylic acids is 1. The summed E-state index contributed by atoms with van der Waals surface area (Å²) in [4.78, 5) is 11.4. The number of nitrogens with one attached hydrogen (secondary N) is 1. The molecule has 0 radical (unpaired) electrons. The predicted octanol–water partition coefficient (Wildman–Crippen LogP) is 2.30. The molecule has 21 heavy (non-hydrogen) atoms. The van der Waals surface area contributed by atoms with Crippen LogP contribution in [0.4, 0.5) is 0 Å². The summed E-state index contributed by atoms with van der Waals surface area (Å²) >= 11 is 6.12. The highest BCUT2D eigenvalue weighted by molar-refractivity contribution is 6.32. The normalized spacial score (nSPS) is 20.3. The van der Waals surface area contributed by atoms with E-state index >= 15 is 0 Å². The molecular formula is C14H18ClNO5. The van der Waals surface area contributed by atoms with E-state index in [9.17, 15) is 4.79 Å². The molecule has 1 amide bonds. The maximum atomic E-state index is 11.4. The van der Waals surface area contributed by atoms with Gasteiger partial charge in [0.25, 0.3) is 5.91 Å².